The van der Waals surface area contributed by atoms with Crippen LogP contribution in [0.5, 0.6) is 0 Å². The second-order valence-corrected chi connectivity index (χ2v) is 5.25. The van der Waals surface area contributed by atoms with E-state index in [1.807, 2.05) is 24.4 Å². The van der Waals surface area contributed by atoms with Gasteiger partial charge in [0.2, 0.25) is 0 Å². The van der Waals surface area contributed by atoms with Crippen molar-refractivity contribution in [3.63, 3.8) is 0 Å². The Bertz CT molecular complexity index is 544. The Morgan fingerprint density at radius 2 is 2.21 bits per heavy atom. The number of hydrogen-bond acceptors (Lipinski definition) is 3. The number of nitrogens with two attached hydrogens (primary N) is 1. The van der Waals surface area contributed by atoms with Crippen LogP contribution < -0.4 is 5.73 Å². The molecule has 0 aliphatic carbocycles. The maximum atomic E-state index is 6.38. The monoisotopic (exact) mass is 256 g/mol. The van der Waals surface area contributed by atoms with Crippen molar-refractivity contribution in [1.82, 2.24) is 4.98 Å². The van der Waals surface area contributed by atoms with Crippen molar-refractivity contribution in [2.24, 2.45) is 5.73 Å². The van der Waals surface area contributed by atoms with Gasteiger partial charge < -0.3 is 10.5 Å². The minimum absolute atomic E-state index is 0.0241. The van der Waals surface area contributed by atoms with Crippen molar-refractivity contribution >= 4 is 10.9 Å². The smallest absolute Gasteiger partial charge is 0.0705 e. The van der Waals surface area contributed by atoms with Crippen LogP contribution in [0.3, 0.4) is 0 Å². The third-order valence-electron chi connectivity index (χ3n) is 3.87. The van der Waals surface area contributed by atoms with Crippen LogP contribution in [0.2, 0.25) is 0 Å². The number of pyridine rings is 1. The van der Waals surface area contributed by atoms with E-state index in [0.29, 0.717) is 6.10 Å². The highest BCUT2D eigenvalue weighted by Crippen LogP contribution is 2.27. The van der Waals surface area contributed by atoms with Gasteiger partial charge >= 0.3 is 0 Å². The normalized spacial score (nSPS) is 21.4. The summed E-state index contributed by atoms with van der Waals surface area (Å²) in [4.78, 5) is 4.38. The predicted octanol–water partition coefficient (Wildman–Crippen LogP) is 3.19. The summed E-state index contributed by atoms with van der Waals surface area (Å²) in [6.45, 7) is 0.883. The van der Waals surface area contributed by atoms with Gasteiger partial charge in [-0.3, -0.25) is 4.98 Å². The Morgan fingerprint density at radius 3 is 3.05 bits per heavy atom. The number of aromatic nitrogens is 1. The average Bonchev–Trinajstić information content (AvgIpc) is 2.47. The fourth-order valence-corrected chi connectivity index (χ4v) is 2.85. The van der Waals surface area contributed by atoms with Crippen molar-refractivity contribution in [1.29, 1.82) is 0 Å². The topological polar surface area (TPSA) is 48.1 Å². The molecule has 1 aliphatic rings. The molecule has 0 bridgehead atoms. The number of hydrogen-bond donors (Lipinski definition) is 1. The number of benzene rings is 1. The zero-order valence-electron chi connectivity index (χ0n) is 11.1. The maximum absolute atomic E-state index is 6.38. The Hall–Kier alpha value is -1.45. The summed E-state index contributed by atoms with van der Waals surface area (Å²) in [7, 11) is 0. The first-order valence-electron chi connectivity index (χ1n) is 7.05. The van der Waals surface area contributed by atoms with E-state index in [1.54, 1.807) is 0 Å². The van der Waals surface area contributed by atoms with Crippen LogP contribution in [0, 0.1) is 0 Å². The molecule has 100 valence electrons. The van der Waals surface area contributed by atoms with Gasteiger partial charge in [-0.2, -0.15) is 0 Å². The molecule has 0 spiro atoms. The van der Waals surface area contributed by atoms with Gasteiger partial charge in [0, 0.05) is 24.2 Å². The summed E-state index contributed by atoms with van der Waals surface area (Å²) in [5.74, 6) is 0. The van der Waals surface area contributed by atoms with Crippen LogP contribution in [0.4, 0.5) is 0 Å². The van der Waals surface area contributed by atoms with Crippen LogP contribution in [0.25, 0.3) is 10.9 Å². The van der Waals surface area contributed by atoms with E-state index in [1.165, 1.54) is 18.4 Å². The van der Waals surface area contributed by atoms with Gasteiger partial charge in [-0.25, -0.2) is 0 Å². The molecule has 2 heterocycles. The van der Waals surface area contributed by atoms with Crippen LogP contribution in [-0.2, 0) is 4.74 Å². The van der Waals surface area contributed by atoms with Gasteiger partial charge in [0.1, 0.15) is 0 Å². The quantitative estimate of drug-likeness (QED) is 0.917. The minimum atomic E-state index is 0.0241. The second kappa shape index (κ2) is 5.68. The fraction of sp³-hybridized carbons (Fsp3) is 0.438. The Morgan fingerprint density at radius 1 is 1.26 bits per heavy atom. The van der Waals surface area contributed by atoms with Gasteiger partial charge in [-0.15, -0.1) is 0 Å². The van der Waals surface area contributed by atoms with E-state index in [-0.39, 0.29) is 6.04 Å². The lowest BCUT2D eigenvalue weighted by atomic mass is 9.95. The molecule has 1 aliphatic heterocycles. The van der Waals surface area contributed by atoms with E-state index in [2.05, 4.69) is 17.1 Å². The van der Waals surface area contributed by atoms with Crippen LogP contribution in [0.1, 0.15) is 37.3 Å². The summed E-state index contributed by atoms with van der Waals surface area (Å²) < 4.78 is 5.79. The molecule has 1 aromatic heterocycles. The molecular formula is C16H20N2O. The van der Waals surface area contributed by atoms with E-state index >= 15 is 0 Å². The molecule has 1 fully saturated rings. The second-order valence-electron chi connectivity index (χ2n) is 5.25. The van der Waals surface area contributed by atoms with E-state index in [0.717, 1.165) is 30.4 Å². The molecule has 2 atom stereocenters. The van der Waals surface area contributed by atoms with Gasteiger partial charge in [-0.1, -0.05) is 18.2 Å². The van der Waals surface area contributed by atoms with E-state index in [4.69, 9.17) is 10.5 Å². The number of nitrogens with zero attached hydrogens (tertiary/aromatic N) is 1. The highest BCUT2D eigenvalue weighted by Gasteiger charge is 2.19. The van der Waals surface area contributed by atoms with Crippen molar-refractivity contribution in [2.75, 3.05) is 6.61 Å². The van der Waals surface area contributed by atoms with Crippen molar-refractivity contribution in [3.8, 4) is 0 Å². The van der Waals surface area contributed by atoms with Crippen molar-refractivity contribution < 1.29 is 4.74 Å². The summed E-state index contributed by atoms with van der Waals surface area (Å²) in [6.07, 6.45) is 6.61. The predicted molar refractivity (Wildman–Crippen MR) is 76.9 cm³/mol. The van der Waals surface area contributed by atoms with Gasteiger partial charge in [-0.05, 0) is 43.4 Å². The van der Waals surface area contributed by atoms with Crippen LogP contribution >= 0.6 is 0 Å². The molecule has 2 aromatic rings. The van der Waals surface area contributed by atoms with E-state index < -0.39 is 0 Å². The lowest BCUT2D eigenvalue weighted by molar-refractivity contribution is 0.00737. The average molecular weight is 256 g/mol. The summed E-state index contributed by atoms with van der Waals surface area (Å²) in [6, 6.07) is 10.3. The molecular weight excluding hydrogens is 236 g/mol. The van der Waals surface area contributed by atoms with Gasteiger partial charge in [0.15, 0.2) is 0 Å². The van der Waals surface area contributed by atoms with Gasteiger partial charge in [0.05, 0.1) is 11.6 Å². The zero-order chi connectivity index (χ0) is 13.1. The zero-order valence-corrected chi connectivity index (χ0v) is 11.1. The third-order valence-corrected chi connectivity index (χ3v) is 3.87. The molecule has 0 saturated carbocycles. The summed E-state index contributed by atoms with van der Waals surface area (Å²) in [5.41, 5.74) is 8.58. The summed E-state index contributed by atoms with van der Waals surface area (Å²) in [5, 5.41) is 1.16. The Labute approximate surface area is 113 Å². The van der Waals surface area contributed by atoms with Gasteiger partial charge in [0.25, 0.3) is 0 Å². The van der Waals surface area contributed by atoms with Crippen LogP contribution in [-0.4, -0.2) is 17.7 Å². The fourth-order valence-electron chi connectivity index (χ4n) is 2.85. The first-order chi connectivity index (χ1) is 9.34. The highest BCUT2D eigenvalue weighted by molar-refractivity contribution is 5.82. The SMILES string of the molecule is NC(CC1CCCCO1)c1cccc2ncccc12. The molecule has 3 heteroatoms. The largest absolute Gasteiger partial charge is 0.378 e. The maximum Gasteiger partial charge on any atom is 0.0705 e. The van der Waals surface area contributed by atoms with E-state index in [9.17, 15) is 0 Å². The molecule has 3 nitrogen and oxygen atoms in total. The number of ether oxygens (including phenoxy) is 1. The molecule has 0 amide bonds. The lowest BCUT2D eigenvalue weighted by Gasteiger charge is -2.25. The van der Waals surface area contributed by atoms with Crippen LogP contribution in [0.15, 0.2) is 36.5 Å². The third kappa shape index (κ3) is 2.77. The molecule has 2 N–H and O–H groups in total. The van der Waals surface area contributed by atoms with Crippen molar-refractivity contribution in [3.05, 3.63) is 42.1 Å². The Balaban J connectivity index is 1.82. The standard InChI is InChI=1S/C16H20N2O/c17-15(11-12-5-1-2-10-19-12)13-6-3-8-16-14(13)7-4-9-18-16/h3-4,6-9,12,15H,1-2,5,10-11,17H2. The summed E-state index contributed by atoms with van der Waals surface area (Å²) >= 11 is 0. The minimum Gasteiger partial charge on any atom is -0.378 e. The molecule has 19 heavy (non-hydrogen) atoms. The number of rotatable bonds is 3. The Kier molecular flexibility index (Phi) is 3.76. The molecule has 0 radical (unpaired) electrons. The molecule has 1 aromatic carbocycles. The first kappa shape index (κ1) is 12.6. The number of fused-ring (bicyclic) bond motifs is 1. The molecule has 3 rings (SSSR count). The molecule has 2 unspecified atom stereocenters. The van der Waals surface area contributed by atoms with Crippen molar-refractivity contribution in [2.45, 2.75) is 37.8 Å². The first-order valence-corrected chi connectivity index (χ1v) is 7.05. The highest BCUT2D eigenvalue weighted by atomic mass is 16.5. The lowest BCUT2D eigenvalue weighted by Crippen LogP contribution is -2.25. The molecule has 1 saturated heterocycles.